The lowest BCUT2D eigenvalue weighted by Crippen LogP contribution is -2.16. The summed E-state index contributed by atoms with van der Waals surface area (Å²) in [5, 5.41) is 8.05. The molecule has 1 aromatic heterocycles. The lowest BCUT2D eigenvalue weighted by Gasteiger charge is -2.12. The van der Waals surface area contributed by atoms with E-state index in [1.165, 1.54) is 38.6 Å². The van der Waals surface area contributed by atoms with Crippen molar-refractivity contribution in [3.63, 3.8) is 0 Å². The van der Waals surface area contributed by atoms with E-state index in [4.69, 9.17) is 32.7 Å². The zero-order valence-electron chi connectivity index (χ0n) is 17.7. The van der Waals surface area contributed by atoms with Gasteiger partial charge in [-0.3, -0.25) is 4.79 Å². The predicted molar refractivity (Wildman–Crippen MR) is 123 cm³/mol. The van der Waals surface area contributed by atoms with Gasteiger partial charge < -0.3 is 14.8 Å². The Hall–Kier alpha value is -3.36. The third kappa shape index (κ3) is 4.72. The van der Waals surface area contributed by atoms with Crippen molar-refractivity contribution in [1.29, 1.82) is 0 Å². The highest BCUT2D eigenvalue weighted by atomic mass is 35.5. The standard InChI is InChI=1S/C23H19Cl2N3O5/c1-32-22(30)13-7-14(23(31)33-2)9-16(8-13)27-21(29)17-11-26-28(20(17)12-3-4-12)19-6-5-15(24)10-18(19)25/h5-12H,3-4H2,1-2H3,(H,27,29). The summed E-state index contributed by atoms with van der Waals surface area (Å²) in [6.45, 7) is 0. The molecule has 0 saturated heterocycles. The molecular formula is C23H19Cl2N3O5. The molecule has 33 heavy (non-hydrogen) atoms. The van der Waals surface area contributed by atoms with Crippen LogP contribution in [0.1, 0.15) is 55.5 Å². The molecule has 0 radical (unpaired) electrons. The van der Waals surface area contributed by atoms with Crippen LogP contribution < -0.4 is 5.32 Å². The molecule has 1 amide bonds. The lowest BCUT2D eigenvalue weighted by molar-refractivity contribution is 0.0599. The number of methoxy groups -OCH3 is 2. The van der Waals surface area contributed by atoms with Gasteiger partial charge in [-0.1, -0.05) is 23.2 Å². The Bertz CT molecular complexity index is 1230. The molecule has 1 N–H and O–H groups in total. The van der Waals surface area contributed by atoms with E-state index in [-0.39, 0.29) is 22.7 Å². The van der Waals surface area contributed by atoms with E-state index in [1.54, 1.807) is 22.9 Å². The van der Waals surface area contributed by atoms with Crippen molar-refractivity contribution in [1.82, 2.24) is 9.78 Å². The summed E-state index contributed by atoms with van der Waals surface area (Å²) in [4.78, 5) is 37.3. The predicted octanol–water partition coefficient (Wildman–Crippen LogP) is 4.88. The second kappa shape index (κ2) is 9.25. The number of benzene rings is 2. The summed E-state index contributed by atoms with van der Waals surface area (Å²) in [5.41, 5.74) is 2.15. The highest BCUT2D eigenvalue weighted by Crippen LogP contribution is 2.43. The number of halogens is 2. The van der Waals surface area contributed by atoms with Crippen LogP contribution in [0.25, 0.3) is 5.69 Å². The van der Waals surface area contributed by atoms with Crippen LogP contribution >= 0.6 is 23.2 Å². The van der Waals surface area contributed by atoms with Crippen molar-refractivity contribution in [3.8, 4) is 5.69 Å². The normalized spacial score (nSPS) is 12.8. The van der Waals surface area contributed by atoms with Crippen LogP contribution in [0.15, 0.2) is 42.6 Å². The Morgan fingerprint density at radius 3 is 2.18 bits per heavy atom. The van der Waals surface area contributed by atoms with Crippen LogP contribution in [-0.2, 0) is 9.47 Å². The van der Waals surface area contributed by atoms with Crippen molar-refractivity contribution < 1.29 is 23.9 Å². The van der Waals surface area contributed by atoms with E-state index >= 15 is 0 Å². The number of carbonyl (C=O) groups is 3. The molecule has 8 nitrogen and oxygen atoms in total. The number of ether oxygens (including phenoxy) is 2. The summed E-state index contributed by atoms with van der Waals surface area (Å²) in [6.07, 6.45) is 3.31. The van der Waals surface area contributed by atoms with Crippen molar-refractivity contribution >= 4 is 46.7 Å². The molecule has 1 fully saturated rings. The van der Waals surface area contributed by atoms with Crippen molar-refractivity contribution in [2.24, 2.45) is 0 Å². The van der Waals surface area contributed by atoms with Crippen LogP contribution in [0.3, 0.4) is 0 Å². The SMILES string of the molecule is COC(=O)c1cc(NC(=O)c2cnn(-c3ccc(Cl)cc3Cl)c2C2CC2)cc(C(=O)OC)c1. The average molecular weight is 488 g/mol. The largest absolute Gasteiger partial charge is 0.465 e. The Morgan fingerprint density at radius 1 is 1.00 bits per heavy atom. The maximum Gasteiger partial charge on any atom is 0.337 e. The van der Waals surface area contributed by atoms with E-state index in [1.807, 2.05) is 0 Å². The lowest BCUT2D eigenvalue weighted by atomic mass is 10.1. The van der Waals surface area contributed by atoms with Gasteiger partial charge in [0.1, 0.15) is 0 Å². The smallest absolute Gasteiger partial charge is 0.337 e. The molecule has 2 aromatic carbocycles. The minimum atomic E-state index is -0.653. The number of nitrogens with zero attached hydrogens (tertiary/aromatic N) is 2. The van der Waals surface area contributed by atoms with Gasteiger partial charge in [0.05, 0.1) is 53.5 Å². The fourth-order valence-electron chi connectivity index (χ4n) is 3.50. The summed E-state index contributed by atoms with van der Waals surface area (Å²) in [5.74, 6) is -1.58. The fourth-order valence-corrected chi connectivity index (χ4v) is 3.99. The van der Waals surface area contributed by atoms with Crippen molar-refractivity contribution in [2.45, 2.75) is 18.8 Å². The van der Waals surface area contributed by atoms with Crippen LogP contribution in [0, 0.1) is 0 Å². The Balaban J connectivity index is 1.70. The van der Waals surface area contributed by atoms with Crippen molar-refractivity contribution in [2.75, 3.05) is 19.5 Å². The molecule has 0 bridgehead atoms. The number of aromatic nitrogens is 2. The van der Waals surface area contributed by atoms with Gasteiger partial charge in [0, 0.05) is 16.6 Å². The molecule has 0 atom stereocenters. The molecule has 0 unspecified atom stereocenters. The number of rotatable bonds is 6. The first-order valence-electron chi connectivity index (χ1n) is 9.98. The quantitative estimate of drug-likeness (QED) is 0.497. The number of amides is 1. The number of esters is 2. The highest BCUT2D eigenvalue weighted by molar-refractivity contribution is 6.35. The van der Waals surface area contributed by atoms with E-state index in [9.17, 15) is 14.4 Å². The fraction of sp³-hybridized carbons (Fsp3) is 0.217. The van der Waals surface area contributed by atoms with Crippen LogP contribution in [0.5, 0.6) is 0 Å². The van der Waals surface area contributed by atoms with Crippen LogP contribution in [0.2, 0.25) is 10.0 Å². The highest BCUT2D eigenvalue weighted by Gasteiger charge is 2.33. The Kier molecular flexibility index (Phi) is 6.40. The summed E-state index contributed by atoms with van der Waals surface area (Å²) < 4.78 is 11.1. The van der Waals surface area contributed by atoms with Gasteiger partial charge in [0.2, 0.25) is 0 Å². The second-order valence-electron chi connectivity index (χ2n) is 7.46. The molecule has 10 heteroatoms. The molecular weight excluding hydrogens is 469 g/mol. The molecule has 1 aliphatic rings. The summed E-state index contributed by atoms with van der Waals surface area (Å²) in [7, 11) is 2.45. The Labute approximate surface area is 199 Å². The number of carbonyl (C=O) groups excluding carboxylic acids is 3. The first-order chi connectivity index (χ1) is 15.8. The third-order valence-electron chi connectivity index (χ3n) is 5.19. The first-order valence-corrected chi connectivity index (χ1v) is 10.7. The van der Waals surface area contributed by atoms with Crippen LogP contribution in [0.4, 0.5) is 5.69 Å². The molecule has 0 spiro atoms. The van der Waals surface area contributed by atoms with Gasteiger partial charge in [-0.25, -0.2) is 14.3 Å². The zero-order chi connectivity index (χ0) is 23.7. The summed E-state index contributed by atoms with van der Waals surface area (Å²) >= 11 is 12.4. The second-order valence-corrected chi connectivity index (χ2v) is 8.31. The monoisotopic (exact) mass is 487 g/mol. The average Bonchev–Trinajstić information content (AvgIpc) is 3.55. The van der Waals surface area contributed by atoms with Gasteiger partial charge >= 0.3 is 11.9 Å². The minimum Gasteiger partial charge on any atom is -0.465 e. The first kappa shape index (κ1) is 22.8. The molecule has 1 saturated carbocycles. The summed E-state index contributed by atoms with van der Waals surface area (Å²) in [6, 6.07) is 9.24. The third-order valence-corrected chi connectivity index (χ3v) is 5.72. The van der Waals surface area contributed by atoms with E-state index in [2.05, 4.69) is 10.4 Å². The maximum absolute atomic E-state index is 13.2. The van der Waals surface area contributed by atoms with Crippen molar-refractivity contribution in [3.05, 3.63) is 75.0 Å². The number of anilines is 1. The molecule has 3 aromatic rings. The topological polar surface area (TPSA) is 99.5 Å². The minimum absolute atomic E-state index is 0.0988. The molecule has 0 aliphatic heterocycles. The molecule has 4 rings (SSSR count). The molecule has 170 valence electrons. The zero-order valence-corrected chi connectivity index (χ0v) is 19.2. The maximum atomic E-state index is 13.2. The number of hydrogen-bond donors (Lipinski definition) is 1. The van der Waals surface area contributed by atoms with Gasteiger partial charge in [0.25, 0.3) is 5.91 Å². The number of nitrogens with one attached hydrogen (secondary N) is 1. The number of hydrogen-bond acceptors (Lipinski definition) is 6. The molecule has 1 aliphatic carbocycles. The Morgan fingerprint density at radius 2 is 1.64 bits per heavy atom. The molecule has 1 heterocycles. The van der Waals surface area contributed by atoms with E-state index in [0.717, 1.165) is 18.5 Å². The van der Waals surface area contributed by atoms with Gasteiger partial charge in [-0.2, -0.15) is 5.10 Å². The van der Waals surface area contributed by atoms with Gasteiger partial charge in [0.15, 0.2) is 0 Å². The van der Waals surface area contributed by atoms with E-state index in [0.29, 0.717) is 21.3 Å². The van der Waals surface area contributed by atoms with Crippen LogP contribution in [-0.4, -0.2) is 41.8 Å². The van der Waals surface area contributed by atoms with Gasteiger partial charge in [-0.15, -0.1) is 0 Å². The van der Waals surface area contributed by atoms with Gasteiger partial charge in [-0.05, 0) is 49.2 Å². The van der Waals surface area contributed by atoms with E-state index < -0.39 is 17.8 Å².